The number of thiazole rings is 1. The number of nitrogens with one attached hydrogen (secondary N) is 1. The van der Waals surface area contributed by atoms with Gasteiger partial charge in [0.15, 0.2) is 0 Å². The summed E-state index contributed by atoms with van der Waals surface area (Å²) in [6, 6.07) is 9.77. The molecule has 1 N–H and O–H groups in total. The highest BCUT2D eigenvalue weighted by Gasteiger charge is 2.12. The van der Waals surface area contributed by atoms with Gasteiger partial charge in [0.2, 0.25) is 5.91 Å². The van der Waals surface area contributed by atoms with Crippen LogP contribution in [0.1, 0.15) is 36.0 Å². The predicted octanol–water partition coefficient (Wildman–Crippen LogP) is 4.46. The van der Waals surface area contributed by atoms with Crippen molar-refractivity contribution in [3.8, 4) is 0 Å². The van der Waals surface area contributed by atoms with Gasteiger partial charge in [-0.25, -0.2) is 9.67 Å². The Balaban J connectivity index is 1.66. The summed E-state index contributed by atoms with van der Waals surface area (Å²) in [6.45, 7) is 4.78. The second kappa shape index (κ2) is 7.93. The first-order valence-electron chi connectivity index (χ1n) is 8.02. The molecule has 2 heterocycles. The number of halogens is 1. The second-order valence-electron chi connectivity index (χ2n) is 6.02. The van der Waals surface area contributed by atoms with E-state index >= 15 is 0 Å². The molecule has 2 aromatic heterocycles. The highest BCUT2D eigenvalue weighted by Crippen LogP contribution is 2.21. The Bertz CT molecular complexity index is 871. The van der Waals surface area contributed by atoms with Gasteiger partial charge < -0.3 is 5.32 Å². The van der Waals surface area contributed by atoms with E-state index in [4.69, 9.17) is 0 Å². The zero-order valence-electron chi connectivity index (χ0n) is 14.1. The summed E-state index contributed by atoms with van der Waals surface area (Å²) in [4.78, 5) is 16.8. The molecule has 3 aromatic rings. The highest BCUT2D eigenvalue weighted by atomic mass is 79.9. The van der Waals surface area contributed by atoms with E-state index in [1.54, 1.807) is 28.3 Å². The maximum absolute atomic E-state index is 12.3. The van der Waals surface area contributed by atoms with E-state index in [0.29, 0.717) is 18.3 Å². The van der Waals surface area contributed by atoms with Gasteiger partial charge in [-0.15, -0.1) is 11.3 Å². The molecule has 25 heavy (non-hydrogen) atoms. The quantitative estimate of drug-likeness (QED) is 0.642. The van der Waals surface area contributed by atoms with Crippen LogP contribution < -0.4 is 5.32 Å². The van der Waals surface area contributed by atoms with Gasteiger partial charge in [-0.3, -0.25) is 4.79 Å². The Morgan fingerprint density at radius 3 is 2.84 bits per heavy atom. The lowest BCUT2D eigenvalue weighted by Gasteiger charge is -2.10. The summed E-state index contributed by atoms with van der Waals surface area (Å²) in [7, 11) is 0. The summed E-state index contributed by atoms with van der Waals surface area (Å²) in [6.07, 6.45) is 1.95. The van der Waals surface area contributed by atoms with Crippen LogP contribution in [0.4, 0.5) is 5.82 Å². The first-order valence-corrected chi connectivity index (χ1v) is 9.69. The highest BCUT2D eigenvalue weighted by molar-refractivity contribution is 9.10. The smallest absolute Gasteiger partial charge is 0.231 e. The molecule has 1 aromatic carbocycles. The van der Waals surface area contributed by atoms with Gasteiger partial charge in [0.1, 0.15) is 5.82 Å². The lowest BCUT2D eigenvalue weighted by Crippen LogP contribution is -2.18. The average molecular weight is 419 g/mol. The molecule has 130 valence electrons. The van der Waals surface area contributed by atoms with Crippen molar-refractivity contribution in [2.75, 3.05) is 5.32 Å². The van der Waals surface area contributed by atoms with E-state index < -0.39 is 0 Å². The van der Waals surface area contributed by atoms with Crippen molar-refractivity contribution in [2.24, 2.45) is 0 Å². The maximum atomic E-state index is 12.3. The number of rotatable bonds is 6. The Morgan fingerprint density at radius 2 is 2.12 bits per heavy atom. The minimum atomic E-state index is -0.0884. The molecule has 0 aliphatic rings. The van der Waals surface area contributed by atoms with Crippen LogP contribution in [0.2, 0.25) is 0 Å². The standard InChI is InChI=1S/C18H19BrN4OS/c1-12(2)18-21-14(11-25-18)9-17(24)22-16-7-8-20-23(16)10-13-5-3-4-6-15(13)19/h3-8,11-12H,9-10H2,1-2H3,(H,22,24). The molecule has 0 fully saturated rings. The molecular weight excluding hydrogens is 400 g/mol. The third-order valence-electron chi connectivity index (χ3n) is 3.67. The van der Waals surface area contributed by atoms with Crippen molar-refractivity contribution in [1.82, 2.24) is 14.8 Å². The van der Waals surface area contributed by atoms with Crippen molar-refractivity contribution in [2.45, 2.75) is 32.7 Å². The number of carbonyl (C=O) groups is 1. The SMILES string of the molecule is CC(C)c1nc(CC(=O)Nc2ccnn2Cc2ccccc2Br)cs1. The first kappa shape index (κ1) is 17.8. The summed E-state index contributed by atoms with van der Waals surface area (Å²) in [5.41, 5.74) is 1.91. The number of benzene rings is 1. The van der Waals surface area contributed by atoms with Crippen LogP contribution in [0.15, 0.2) is 46.4 Å². The van der Waals surface area contributed by atoms with Crippen molar-refractivity contribution in [3.63, 3.8) is 0 Å². The van der Waals surface area contributed by atoms with Gasteiger partial charge in [0.25, 0.3) is 0 Å². The number of nitrogens with zero attached hydrogens (tertiary/aromatic N) is 3. The molecule has 0 unspecified atom stereocenters. The van der Waals surface area contributed by atoms with Crippen molar-refractivity contribution in [1.29, 1.82) is 0 Å². The number of hydrogen-bond donors (Lipinski definition) is 1. The summed E-state index contributed by atoms with van der Waals surface area (Å²) in [5, 5.41) is 10.2. The fourth-order valence-electron chi connectivity index (χ4n) is 2.37. The summed E-state index contributed by atoms with van der Waals surface area (Å²) in [5.74, 6) is 0.974. The van der Waals surface area contributed by atoms with Crippen molar-refractivity contribution >= 4 is 39.0 Å². The number of carbonyl (C=O) groups excluding carboxylic acids is 1. The molecule has 3 rings (SSSR count). The van der Waals surface area contributed by atoms with Gasteiger partial charge in [0, 0.05) is 21.8 Å². The zero-order valence-corrected chi connectivity index (χ0v) is 16.5. The largest absolute Gasteiger partial charge is 0.311 e. The minimum absolute atomic E-state index is 0.0884. The van der Waals surface area contributed by atoms with E-state index in [1.807, 2.05) is 29.6 Å². The van der Waals surface area contributed by atoms with Crippen LogP contribution in [0, 0.1) is 0 Å². The van der Waals surface area contributed by atoms with Crippen LogP contribution >= 0.6 is 27.3 Å². The molecule has 0 aliphatic heterocycles. The molecule has 7 heteroatoms. The lowest BCUT2D eigenvalue weighted by molar-refractivity contribution is -0.115. The normalized spacial score (nSPS) is 11.0. The molecule has 5 nitrogen and oxygen atoms in total. The third-order valence-corrected chi connectivity index (χ3v) is 5.63. The summed E-state index contributed by atoms with van der Waals surface area (Å²) >= 11 is 5.14. The van der Waals surface area contributed by atoms with E-state index in [1.165, 1.54) is 0 Å². The van der Waals surface area contributed by atoms with Gasteiger partial charge >= 0.3 is 0 Å². The summed E-state index contributed by atoms with van der Waals surface area (Å²) < 4.78 is 2.80. The Morgan fingerprint density at radius 1 is 1.32 bits per heavy atom. The molecule has 0 saturated heterocycles. The predicted molar refractivity (Wildman–Crippen MR) is 104 cm³/mol. The van der Waals surface area contributed by atoms with Gasteiger partial charge in [-0.1, -0.05) is 48.0 Å². The molecule has 0 aliphatic carbocycles. The van der Waals surface area contributed by atoms with Gasteiger partial charge in [-0.2, -0.15) is 5.10 Å². The Hall–Kier alpha value is -1.99. The number of hydrogen-bond acceptors (Lipinski definition) is 4. The Labute approximate surface area is 159 Å². The van der Waals surface area contributed by atoms with E-state index in [9.17, 15) is 4.79 Å². The first-order chi connectivity index (χ1) is 12.0. The van der Waals surface area contributed by atoms with Crippen molar-refractivity contribution in [3.05, 3.63) is 62.6 Å². The zero-order chi connectivity index (χ0) is 17.8. The van der Waals surface area contributed by atoms with E-state index in [-0.39, 0.29) is 12.3 Å². The van der Waals surface area contributed by atoms with Gasteiger partial charge in [0.05, 0.1) is 29.9 Å². The molecule has 0 atom stereocenters. The molecule has 0 bridgehead atoms. The molecule has 0 spiro atoms. The number of amides is 1. The van der Waals surface area contributed by atoms with Crippen LogP contribution in [0.3, 0.4) is 0 Å². The molecule has 0 saturated carbocycles. The average Bonchev–Trinajstić information content (AvgIpc) is 3.20. The fourth-order valence-corrected chi connectivity index (χ4v) is 3.62. The third kappa shape index (κ3) is 4.55. The van der Waals surface area contributed by atoms with E-state index in [0.717, 1.165) is 20.7 Å². The lowest BCUT2D eigenvalue weighted by atomic mass is 10.2. The molecule has 1 amide bonds. The number of aromatic nitrogens is 3. The Kier molecular flexibility index (Phi) is 5.65. The molecular formula is C18H19BrN4OS. The monoisotopic (exact) mass is 418 g/mol. The van der Waals surface area contributed by atoms with Gasteiger partial charge in [-0.05, 0) is 11.6 Å². The number of anilines is 1. The van der Waals surface area contributed by atoms with Crippen LogP contribution in [-0.4, -0.2) is 20.7 Å². The fraction of sp³-hybridized carbons (Fsp3) is 0.278. The second-order valence-corrected chi connectivity index (χ2v) is 7.77. The molecule has 0 radical (unpaired) electrons. The van der Waals surface area contributed by atoms with Crippen molar-refractivity contribution < 1.29 is 4.79 Å². The van der Waals surface area contributed by atoms with Crippen LogP contribution in [0.5, 0.6) is 0 Å². The topological polar surface area (TPSA) is 59.8 Å². The minimum Gasteiger partial charge on any atom is -0.311 e. The maximum Gasteiger partial charge on any atom is 0.231 e. The van der Waals surface area contributed by atoms with Crippen LogP contribution in [-0.2, 0) is 17.8 Å². The van der Waals surface area contributed by atoms with Crippen LogP contribution in [0.25, 0.3) is 0 Å². The van der Waals surface area contributed by atoms with E-state index in [2.05, 4.69) is 45.2 Å².